The maximum Gasteiger partial charge on any atom is 0.250 e. The molecule has 3 rings (SSSR count). The molecule has 0 bridgehead atoms. The fraction of sp³-hybridized carbons (Fsp3) is 0.353. The predicted molar refractivity (Wildman–Crippen MR) is 99.2 cm³/mol. The van der Waals surface area contributed by atoms with Gasteiger partial charge in [-0.15, -0.1) is 11.3 Å². The molecule has 1 aromatic carbocycles. The molecule has 1 amide bonds. The standard InChI is InChI=1S/C17H19ClN2O3S2/c1-2-16(21)20-8-7-15-13(11-20)9-17(24-15)25(22,23)19-10-12-5-3-4-6-14(12)18/h3-6,9,19H,2,7-8,10-11H2,1H3. The van der Waals surface area contributed by atoms with Crippen molar-refractivity contribution in [3.63, 3.8) is 0 Å². The first kappa shape index (κ1) is 18.4. The summed E-state index contributed by atoms with van der Waals surface area (Å²) in [6.45, 7) is 3.11. The van der Waals surface area contributed by atoms with Crippen LogP contribution >= 0.6 is 22.9 Å². The van der Waals surface area contributed by atoms with Gasteiger partial charge in [-0.2, -0.15) is 0 Å². The summed E-state index contributed by atoms with van der Waals surface area (Å²) in [7, 11) is -3.61. The second-order valence-corrected chi connectivity index (χ2v) is 9.39. The van der Waals surface area contributed by atoms with E-state index in [9.17, 15) is 13.2 Å². The van der Waals surface area contributed by atoms with Gasteiger partial charge >= 0.3 is 0 Å². The number of carbonyl (C=O) groups excluding carboxylic acids is 1. The Hall–Kier alpha value is -1.41. The maximum atomic E-state index is 12.6. The lowest BCUT2D eigenvalue weighted by Gasteiger charge is -2.26. The SMILES string of the molecule is CCC(=O)N1CCc2sc(S(=O)(=O)NCc3ccccc3Cl)cc2C1. The number of amides is 1. The summed E-state index contributed by atoms with van der Waals surface area (Å²) in [5.74, 6) is 0.0955. The van der Waals surface area contributed by atoms with Crippen LogP contribution in [-0.2, 0) is 34.3 Å². The average molecular weight is 399 g/mol. The van der Waals surface area contributed by atoms with Gasteiger partial charge in [0.25, 0.3) is 0 Å². The zero-order valence-electron chi connectivity index (χ0n) is 13.8. The van der Waals surface area contributed by atoms with Crippen LogP contribution in [0.15, 0.2) is 34.5 Å². The summed E-state index contributed by atoms with van der Waals surface area (Å²) >= 11 is 7.35. The fourth-order valence-electron chi connectivity index (χ4n) is 2.76. The molecular weight excluding hydrogens is 380 g/mol. The van der Waals surface area contributed by atoms with Crippen LogP contribution in [0.2, 0.25) is 5.02 Å². The van der Waals surface area contributed by atoms with Gasteiger partial charge in [-0.05, 0) is 29.7 Å². The van der Waals surface area contributed by atoms with Gasteiger partial charge in [0.05, 0.1) is 0 Å². The highest BCUT2D eigenvalue weighted by Gasteiger charge is 2.25. The molecule has 0 atom stereocenters. The van der Waals surface area contributed by atoms with E-state index in [1.165, 1.54) is 11.3 Å². The van der Waals surface area contributed by atoms with Gasteiger partial charge in [-0.1, -0.05) is 36.7 Å². The second kappa shape index (κ2) is 7.45. The number of benzene rings is 1. The molecule has 0 saturated carbocycles. The Morgan fingerprint density at radius 1 is 1.36 bits per heavy atom. The molecule has 5 nitrogen and oxygen atoms in total. The minimum Gasteiger partial charge on any atom is -0.338 e. The number of carbonyl (C=O) groups is 1. The van der Waals surface area contributed by atoms with Crippen molar-refractivity contribution in [2.24, 2.45) is 0 Å². The molecule has 0 radical (unpaired) electrons. The molecule has 0 spiro atoms. The van der Waals surface area contributed by atoms with E-state index < -0.39 is 10.0 Å². The summed E-state index contributed by atoms with van der Waals surface area (Å²) in [6, 6.07) is 8.83. The van der Waals surface area contributed by atoms with E-state index in [1.807, 2.05) is 13.0 Å². The smallest absolute Gasteiger partial charge is 0.250 e. The summed E-state index contributed by atoms with van der Waals surface area (Å²) < 4.78 is 28.1. The zero-order chi connectivity index (χ0) is 18.0. The van der Waals surface area contributed by atoms with E-state index in [-0.39, 0.29) is 16.7 Å². The number of sulfonamides is 1. The molecule has 8 heteroatoms. The van der Waals surface area contributed by atoms with E-state index >= 15 is 0 Å². The highest BCUT2D eigenvalue weighted by Crippen LogP contribution is 2.31. The first-order chi connectivity index (χ1) is 11.9. The minimum absolute atomic E-state index is 0.0955. The van der Waals surface area contributed by atoms with Crippen LogP contribution in [0.5, 0.6) is 0 Å². The molecular formula is C17H19ClN2O3S2. The zero-order valence-corrected chi connectivity index (χ0v) is 16.2. The lowest BCUT2D eigenvalue weighted by atomic mass is 10.1. The van der Waals surface area contributed by atoms with E-state index in [0.717, 1.165) is 16.0 Å². The molecule has 1 N–H and O–H groups in total. The number of nitrogens with zero attached hydrogens (tertiary/aromatic N) is 1. The molecule has 0 unspecified atom stereocenters. The number of halogens is 1. The molecule has 0 aliphatic carbocycles. The Bertz CT molecular complexity index is 893. The topological polar surface area (TPSA) is 66.5 Å². The first-order valence-electron chi connectivity index (χ1n) is 8.03. The van der Waals surface area contributed by atoms with Crippen LogP contribution in [0, 0.1) is 0 Å². The summed E-state index contributed by atoms with van der Waals surface area (Å²) in [5.41, 5.74) is 1.66. The normalized spacial score (nSPS) is 14.4. The molecule has 0 saturated heterocycles. The van der Waals surface area contributed by atoms with Crippen molar-refractivity contribution in [3.8, 4) is 0 Å². The Labute approximate surface area is 156 Å². The van der Waals surface area contributed by atoms with Gasteiger partial charge in [-0.3, -0.25) is 4.79 Å². The second-order valence-electron chi connectivity index (χ2n) is 5.85. The largest absolute Gasteiger partial charge is 0.338 e. The highest BCUT2D eigenvalue weighted by atomic mass is 35.5. The number of fused-ring (bicyclic) bond motifs is 1. The molecule has 1 aromatic heterocycles. The van der Waals surface area contributed by atoms with Crippen molar-refractivity contribution in [1.29, 1.82) is 0 Å². The van der Waals surface area contributed by atoms with E-state index in [1.54, 1.807) is 29.2 Å². The van der Waals surface area contributed by atoms with Crippen LogP contribution in [0.3, 0.4) is 0 Å². The summed E-state index contributed by atoms with van der Waals surface area (Å²) in [4.78, 5) is 14.7. The molecule has 134 valence electrons. The van der Waals surface area contributed by atoms with Gasteiger partial charge in [0.1, 0.15) is 4.21 Å². The van der Waals surface area contributed by atoms with Crippen molar-refractivity contribution in [3.05, 3.63) is 51.4 Å². The average Bonchev–Trinajstić information content (AvgIpc) is 3.04. The van der Waals surface area contributed by atoms with E-state index in [0.29, 0.717) is 31.0 Å². The van der Waals surface area contributed by atoms with Crippen molar-refractivity contribution in [1.82, 2.24) is 9.62 Å². The van der Waals surface area contributed by atoms with E-state index in [4.69, 9.17) is 11.6 Å². The number of nitrogens with one attached hydrogen (secondary N) is 1. The molecule has 25 heavy (non-hydrogen) atoms. The summed E-state index contributed by atoms with van der Waals surface area (Å²) in [5, 5.41) is 0.532. The van der Waals surface area contributed by atoms with Crippen molar-refractivity contribution < 1.29 is 13.2 Å². The third kappa shape index (κ3) is 4.06. The fourth-order valence-corrected chi connectivity index (χ4v) is 5.56. The van der Waals surface area contributed by atoms with Gasteiger partial charge in [-0.25, -0.2) is 13.1 Å². The van der Waals surface area contributed by atoms with Crippen LogP contribution in [0.1, 0.15) is 29.3 Å². The Morgan fingerprint density at radius 2 is 2.12 bits per heavy atom. The van der Waals surface area contributed by atoms with Crippen LogP contribution in [-0.4, -0.2) is 25.8 Å². The van der Waals surface area contributed by atoms with E-state index in [2.05, 4.69) is 4.72 Å². The Balaban J connectivity index is 1.75. The number of hydrogen-bond acceptors (Lipinski definition) is 4. The van der Waals surface area contributed by atoms with Crippen LogP contribution < -0.4 is 4.72 Å². The van der Waals surface area contributed by atoms with Gasteiger partial charge in [0.15, 0.2) is 0 Å². The third-order valence-corrected chi connectivity index (χ3v) is 7.66. The Kier molecular flexibility index (Phi) is 5.48. The number of thiophene rings is 1. The lowest BCUT2D eigenvalue weighted by molar-refractivity contribution is -0.131. The minimum atomic E-state index is -3.61. The summed E-state index contributed by atoms with van der Waals surface area (Å²) in [6.07, 6.45) is 1.16. The number of rotatable bonds is 5. The predicted octanol–water partition coefficient (Wildman–Crippen LogP) is 3.17. The molecule has 1 aliphatic heterocycles. The highest BCUT2D eigenvalue weighted by molar-refractivity contribution is 7.91. The molecule has 0 fully saturated rings. The first-order valence-corrected chi connectivity index (χ1v) is 10.7. The van der Waals surface area contributed by atoms with Crippen molar-refractivity contribution >= 4 is 38.9 Å². The van der Waals surface area contributed by atoms with Crippen LogP contribution in [0.4, 0.5) is 0 Å². The lowest BCUT2D eigenvalue weighted by Crippen LogP contribution is -2.34. The maximum absolute atomic E-state index is 12.6. The van der Waals surface area contributed by atoms with Gasteiger partial charge < -0.3 is 4.90 Å². The van der Waals surface area contributed by atoms with Gasteiger partial charge in [0, 0.05) is 36.0 Å². The van der Waals surface area contributed by atoms with Gasteiger partial charge in [0.2, 0.25) is 15.9 Å². The molecule has 1 aliphatic rings. The van der Waals surface area contributed by atoms with Crippen LogP contribution in [0.25, 0.3) is 0 Å². The monoisotopic (exact) mass is 398 g/mol. The molecule has 2 heterocycles. The number of hydrogen-bond donors (Lipinski definition) is 1. The van der Waals surface area contributed by atoms with Crippen molar-refractivity contribution in [2.75, 3.05) is 6.54 Å². The molecule has 2 aromatic rings. The van der Waals surface area contributed by atoms with Crippen molar-refractivity contribution in [2.45, 2.75) is 37.1 Å². The Morgan fingerprint density at radius 3 is 2.84 bits per heavy atom. The quantitative estimate of drug-likeness (QED) is 0.841. The third-order valence-electron chi connectivity index (χ3n) is 4.17.